The number of oxime groups is 1. The van der Waals surface area contributed by atoms with Crippen molar-refractivity contribution in [2.45, 2.75) is 44.8 Å². The molecular formula is C23H17Cl2F4N3O2S2. The molecule has 1 amide bonds. The van der Waals surface area contributed by atoms with Gasteiger partial charge in [0.1, 0.15) is 5.84 Å². The second-order valence-electron chi connectivity index (χ2n) is 8.43. The number of fused-ring (bicyclic) bond motifs is 1. The zero-order chi connectivity index (χ0) is 25.8. The second kappa shape index (κ2) is 9.20. The van der Waals surface area contributed by atoms with Gasteiger partial charge < -0.3 is 15.1 Å². The minimum absolute atomic E-state index is 0.0930. The van der Waals surface area contributed by atoms with Gasteiger partial charge in [0.2, 0.25) is 0 Å². The van der Waals surface area contributed by atoms with Crippen molar-refractivity contribution in [3.05, 3.63) is 76.8 Å². The van der Waals surface area contributed by atoms with E-state index in [0.29, 0.717) is 18.0 Å². The summed E-state index contributed by atoms with van der Waals surface area (Å²) in [5.74, 6) is -1.10. The van der Waals surface area contributed by atoms with E-state index in [2.05, 4.69) is 10.5 Å². The number of amidine groups is 1. The molecule has 1 N–H and O–H groups in total. The standard InChI is InChI=1S/C23H17Cl2F4N3O2S2/c1-11-14-9-32(10-17(14)36-20(11)21(33)30-8-13-3-2-4-35-13)18-7-22(34-31-18,23(27,28)29)12-5-15(24)19(26)16(25)6-12/h2-6H,7-10H2,1H3,(H,30,33). The highest BCUT2D eigenvalue weighted by atomic mass is 35.5. The third kappa shape index (κ3) is 4.25. The fourth-order valence-electron chi connectivity index (χ4n) is 4.27. The van der Waals surface area contributed by atoms with Crippen LogP contribution >= 0.6 is 45.9 Å². The van der Waals surface area contributed by atoms with Crippen molar-refractivity contribution in [3.8, 4) is 0 Å². The molecule has 1 aromatic carbocycles. The molecule has 1 unspecified atom stereocenters. The monoisotopic (exact) mass is 577 g/mol. The van der Waals surface area contributed by atoms with Crippen LogP contribution in [0.1, 0.15) is 42.5 Å². The number of benzene rings is 1. The topological polar surface area (TPSA) is 53.9 Å². The lowest BCUT2D eigenvalue weighted by Crippen LogP contribution is -2.44. The Labute approximate surface area is 221 Å². The summed E-state index contributed by atoms with van der Waals surface area (Å²) < 4.78 is 56.7. The maximum Gasteiger partial charge on any atom is 0.435 e. The van der Waals surface area contributed by atoms with Gasteiger partial charge in [0, 0.05) is 21.9 Å². The molecule has 2 aromatic heterocycles. The van der Waals surface area contributed by atoms with Crippen LogP contribution in [0.4, 0.5) is 17.6 Å². The predicted molar refractivity (Wildman–Crippen MR) is 131 cm³/mol. The van der Waals surface area contributed by atoms with Gasteiger partial charge in [0.25, 0.3) is 11.5 Å². The van der Waals surface area contributed by atoms with E-state index in [1.54, 1.807) is 16.2 Å². The third-order valence-corrected chi connectivity index (χ3v) is 8.98. The van der Waals surface area contributed by atoms with Crippen LogP contribution < -0.4 is 5.32 Å². The Kier molecular flexibility index (Phi) is 6.47. The molecule has 13 heteroatoms. The van der Waals surface area contributed by atoms with Crippen molar-refractivity contribution in [1.82, 2.24) is 10.2 Å². The van der Waals surface area contributed by atoms with E-state index < -0.39 is 39.6 Å². The number of alkyl halides is 3. The molecule has 0 saturated carbocycles. The molecule has 4 heterocycles. The molecule has 0 radical (unpaired) electrons. The van der Waals surface area contributed by atoms with Gasteiger partial charge in [0.05, 0.1) is 34.4 Å². The number of carbonyl (C=O) groups is 1. The van der Waals surface area contributed by atoms with Crippen LogP contribution in [0.15, 0.2) is 34.8 Å². The molecule has 0 aliphatic carbocycles. The molecule has 2 aliphatic heterocycles. The molecule has 5 rings (SSSR count). The van der Waals surface area contributed by atoms with Crippen molar-refractivity contribution in [3.63, 3.8) is 0 Å². The van der Waals surface area contributed by atoms with Gasteiger partial charge in [-0.3, -0.25) is 4.79 Å². The van der Waals surface area contributed by atoms with E-state index in [4.69, 9.17) is 28.0 Å². The lowest BCUT2D eigenvalue weighted by molar-refractivity contribution is -0.275. The molecule has 190 valence electrons. The number of nitrogens with one attached hydrogen (secondary N) is 1. The molecule has 0 saturated heterocycles. The average molecular weight is 578 g/mol. The largest absolute Gasteiger partial charge is 0.435 e. The Morgan fingerprint density at radius 3 is 2.61 bits per heavy atom. The van der Waals surface area contributed by atoms with Crippen molar-refractivity contribution >= 4 is 57.6 Å². The smallest absolute Gasteiger partial charge is 0.372 e. The summed E-state index contributed by atoms with van der Waals surface area (Å²) in [6.07, 6.45) is -5.51. The van der Waals surface area contributed by atoms with Gasteiger partial charge in [0.15, 0.2) is 5.82 Å². The zero-order valence-electron chi connectivity index (χ0n) is 18.5. The quantitative estimate of drug-likeness (QED) is 0.268. The van der Waals surface area contributed by atoms with Crippen LogP contribution in [0.25, 0.3) is 0 Å². The molecule has 0 spiro atoms. The Balaban J connectivity index is 1.33. The van der Waals surface area contributed by atoms with Crippen molar-refractivity contribution < 1.29 is 27.2 Å². The van der Waals surface area contributed by atoms with E-state index in [1.165, 1.54) is 11.3 Å². The Hall–Kier alpha value is -2.34. The summed E-state index contributed by atoms with van der Waals surface area (Å²) >= 11 is 14.4. The van der Waals surface area contributed by atoms with Gasteiger partial charge >= 0.3 is 6.18 Å². The molecule has 5 nitrogen and oxygen atoms in total. The number of amides is 1. The molecule has 0 bridgehead atoms. The zero-order valence-corrected chi connectivity index (χ0v) is 21.7. The van der Waals surface area contributed by atoms with Gasteiger partial charge in [-0.2, -0.15) is 13.2 Å². The van der Waals surface area contributed by atoms with Gasteiger partial charge in [-0.05, 0) is 41.6 Å². The van der Waals surface area contributed by atoms with Crippen LogP contribution in [0.3, 0.4) is 0 Å². The van der Waals surface area contributed by atoms with E-state index in [-0.39, 0.29) is 18.3 Å². The van der Waals surface area contributed by atoms with Crippen LogP contribution in [0, 0.1) is 12.7 Å². The average Bonchev–Trinajstić information content (AvgIpc) is 3.60. The molecule has 36 heavy (non-hydrogen) atoms. The first-order chi connectivity index (χ1) is 17.0. The van der Waals surface area contributed by atoms with Crippen LogP contribution in [0.5, 0.6) is 0 Å². The molecule has 2 aliphatic rings. The summed E-state index contributed by atoms with van der Waals surface area (Å²) in [5.41, 5.74) is -1.59. The normalized spacial score (nSPS) is 19.3. The number of carbonyl (C=O) groups excluding carboxylic acids is 1. The van der Waals surface area contributed by atoms with E-state index >= 15 is 0 Å². The fourth-order valence-corrected chi connectivity index (χ4v) is 6.65. The first-order valence-corrected chi connectivity index (χ1v) is 13.1. The maximum atomic E-state index is 14.3. The van der Waals surface area contributed by atoms with Crippen molar-refractivity contribution in [2.75, 3.05) is 0 Å². The van der Waals surface area contributed by atoms with Crippen molar-refractivity contribution in [2.24, 2.45) is 5.16 Å². The summed E-state index contributed by atoms with van der Waals surface area (Å²) in [5, 5.41) is 7.53. The van der Waals surface area contributed by atoms with Gasteiger partial charge in [-0.1, -0.05) is 34.4 Å². The minimum atomic E-state index is -4.88. The van der Waals surface area contributed by atoms with Crippen LogP contribution in [-0.4, -0.2) is 22.8 Å². The highest BCUT2D eigenvalue weighted by Crippen LogP contribution is 2.50. The third-order valence-electron chi connectivity index (χ3n) is 6.24. The summed E-state index contributed by atoms with van der Waals surface area (Å²) in [6.45, 7) is 2.83. The van der Waals surface area contributed by atoms with Gasteiger partial charge in [-0.25, -0.2) is 4.39 Å². The molecule has 1 atom stereocenters. The highest BCUT2D eigenvalue weighted by molar-refractivity contribution is 7.14. The molecule has 3 aromatic rings. The Bertz CT molecular complexity index is 1350. The summed E-state index contributed by atoms with van der Waals surface area (Å²) in [6, 6.07) is 5.57. The number of hydrogen-bond donors (Lipinski definition) is 1. The SMILES string of the molecule is Cc1c(C(=O)NCc2cccs2)sc2c1CN(C1=NOC(c3cc(Cl)c(F)c(Cl)c3)(C(F)(F)F)C1)C2. The number of hydrogen-bond acceptors (Lipinski definition) is 6. The first kappa shape index (κ1) is 25.3. The number of nitrogens with zero attached hydrogens (tertiary/aromatic N) is 2. The van der Waals surface area contributed by atoms with Crippen LogP contribution in [0.2, 0.25) is 10.0 Å². The maximum absolute atomic E-state index is 14.3. The van der Waals surface area contributed by atoms with Crippen molar-refractivity contribution in [1.29, 1.82) is 0 Å². The minimum Gasteiger partial charge on any atom is -0.372 e. The van der Waals surface area contributed by atoms with E-state index in [1.807, 2.05) is 24.4 Å². The Morgan fingerprint density at radius 2 is 2.00 bits per heavy atom. The second-order valence-corrected chi connectivity index (χ2v) is 11.4. The number of halogens is 6. The predicted octanol–water partition coefficient (Wildman–Crippen LogP) is 7.00. The number of rotatable bonds is 4. The van der Waals surface area contributed by atoms with Crippen LogP contribution in [-0.2, 0) is 30.1 Å². The summed E-state index contributed by atoms with van der Waals surface area (Å²) in [7, 11) is 0. The first-order valence-electron chi connectivity index (χ1n) is 10.6. The van der Waals surface area contributed by atoms with Gasteiger partial charge in [-0.15, -0.1) is 22.7 Å². The Morgan fingerprint density at radius 1 is 1.28 bits per heavy atom. The molecule has 0 fully saturated rings. The molecular weight excluding hydrogens is 561 g/mol. The fraction of sp³-hybridized carbons (Fsp3) is 0.304. The van der Waals surface area contributed by atoms with E-state index in [9.17, 15) is 22.4 Å². The summed E-state index contributed by atoms with van der Waals surface area (Å²) in [4.78, 5) is 21.9. The van der Waals surface area contributed by atoms with E-state index in [0.717, 1.165) is 33.0 Å². The number of thiophene rings is 2. The highest BCUT2D eigenvalue weighted by Gasteiger charge is 2.63. The lowest BCUT2D eigenvalue weighted by Gasteiger charge is -2.30. The lowest BCUT2D eigenvalue weighted by atomic mass is 9.89.